The van der Waals surface area contributed by atoms with E-state index in [9.17, 15) is 0 Å². The largest absolute Gasteiger partial charge is 0.378 e. The Morgan fingerprint density at radius 1 is 1.32 bits per heavy atom. The zero-order chi connectivity index (χ0) is 15.5. The van der Waals surface area contributed by atoms with Crippen molar-refractivity contribution in [2.24, 2.45) is 17.8 Å². The van der Waals surface area contributed by atoms with Crippen LogP contribution < -0.4 is 5.73 Å². The molecule has 0 bridgehead atoms. The normalized spacial score (nSPS) is 16.5. The molecule has 1 aromatic heterocycles. The van der Waals surface area contributed by atoms with E-state index < -0.39 is 0 Å². The number of aromatic nitrogens is 1. The smallest absolute Gasteiger partial charge is 0.191 e. The van der Waals surface area contributed by atoms with E-state index in [1.807, 2.05) is 0 Å². The van der Waals surface area contributed by atoms with Gasteiger partial charge in [0, 0.05) is 43.8 Å². The summed E-state index contributed by atoms with van der Waals surface area (Å²) >= 11 is 0. The van der Waals surface area contributed by atoms with Crippen LogP contribution >= 0.6 is 0 Å². The summed E-state index contributed by atoms with van der Waals surface area (Å²) in [5.41, 5.74) is 9.96. The molecule has 0 saturated carbocycles. The third kappa shape index (κ3) is 3.09. The van der Waals surface area contributed by atoms with Gasteiger partial charge in [0.05, 0.1) is 13.2 Å². The van der Waals surface area contributed by atoms with Gasteiger partial charge in [0.2, 0.25) is 0 Å². The fourth-order valence-corrected chi connectivity index (χ4v) is 2.96. The highest BCUT2D eigenvalue weighted by atomic mass is 16.5. The van der Waals surface area contributed by atoms with Gasteiger partial charge in [-0.25, -0.2) is 0 Å². The van der Waals surface area contributed by atoms with Crippen molar-refractivity contribution in [2.75, 3.05) is 32.8 Å². The molecular formula is C17H24N4O. The van der Waals surface area contributed by atoms with Crippen molar-refractivity contribution in [3.05, 3.63) is 35.5 Å². The van der Waals surface area contributed by atoms with Crippen LogP contribution in [0.4, 0.5) is 0 Å². The van der Waals surface area contributed by atoms with E-state index in [1.54, 1.807) is 0 Å². The lowest BCUT2D eigenvalue weighted by atomic mass is 10.1. The summed E-state index contributed by atoms with van der Waals surface area (Å²) in [4.78, 5) is 6.63. The summed E-state index contributed by atoms with van der Waals surface area (Å²) in [5.74, 6) is 0.638. The third-order valence-electron chi connectivity index (χ3n) is 4.22. The molecule has 0 unspecified atom stereocenters. The van der Waals surface area contributed by atoms with Crippen LogP contribution in [0.3, 0.4) is 0 Å². The second-order valence-electron chi connectivity index (χ2n) is 5.88. The van der Waals surface area contributed by atoms with Gasteiger partial charge >= 0.3 is 0 Å². The van der Waals surface area contributed by atoms with Gasteiger partial charge < -0.3 is 19.9 Å². The minimum absolute atomic E-state index is 0.638. The maximum Gasteiger partial charge on any atom is 0.191 e. The quantitative estimate of drug-likeness (QED) is 0.693. The number of aryl methyl sites for hydroxylation is 2. The van der Waals surface area contributed by atoms with Gasteiger partial charge in [-0.05, 0) is 30.5 Å². The number of rotatable bonds is 3. The minimum atomic E-state index is 0.638. The van der Waals surface area contributed by atoms with E-state index in [0.717, 1.165) is 39.3 Å². The average Bonchev–Trinajstić information content (AvgIpc) is 2.84. The van der Waals surface area contributed by atoms with Crippen molar-refractivity contribution in [1.29, 1.82) is 0 Å². The number of ether oxygens (including phenoxy) is 1. The Morgan fingerprint density at radius 2 is 2.09 bits per heavy atom. The molecule has 0 radical (unpaired) electrons. The molecule has 0 amide bonds. The van der Waals surface area contributed by atoms with Gasteiger partial charge in [-0.2, -0.15) is 0 Å². The molecule has 5 nitrogen and oxygen atoms in total. The molecule has 3 rings (SSSR count). The van der Waals surface area contributed by atoms with Crippen molar-refractivity contribution in [3.8, 4) is 0 Å². The lowest BCUT2D eigenvalue weighted by Crippen LogP contribution is -2.44. The molecule has 2 aromatic rings. The van der Waals surface area contributed by atoms with Crippen molar-refractivity contribution in [3.63, 3.8) is 0 Å². The van der Waals surface area contributed by atoms with Gasteiger partial charge in [-0.15, -0.1) is 0 Å². The van der Waals surface area contributed by atoms with E-state index in [2.05, 4.69) is 52.8 Å². The summed E-state index contributed by atoms with van der Waals surface area (Å²) in [6.07, 6.45) is 3.11. The highest BCUT2D eigenvalue weighted by molar-refractivity contribution is 5.84. The highest BCUT2D eigenvalue weighted by Crippen LogP contribution is 2.22. The number of fused-ring (bicyclic) bond motifs is 1. The summed E-state index contributed by atoms with van der Waals surface area (Å²) < 4.78 is 7.52. The lowest BCUT2D eigenvalue weighted by molar-refractivity contribution is 0.0674. The average molecular weight is 300 g/mol. The number of hydrogen-bond donors (Lipinski definition) is 1. The molecular weight excluding hydrogens is 276 g/mol. The maximum absolute atomic E-state index is 6.07. The van der Waals surface area contributed by atoms with E-state index in [-0.39, 0.29) is 0 Å². The van der Waals surface area contributed by atoms with Crippen LogP contribution in [0.25, 0.3) is 10.9 Å². The van der Waals surface area contributed by atoms with Gasteiger partial charge in [0.15, 0.2) is 5.96 Å². The number of benzene rings is 1. The van der Waals surface area contributed by atoms with E-state index >= 15 is 0 Å². The maximum atomic E-state index is 6.07. The molecule has 22 heavy (non-hydrogen) atoms. The summed E-state index contributed by atoms with van der Waals surface area (Å²) in [6, 6.07) is 6.59. The highest BCUT2D eigenvalue weighted by Gasteiger charge is 2.12. The topological polar surface area (TPSA) is 55.8 Å². The van der Waals surface area contributed by atoms with Crippen LogP contribution in [0.1, 0.15) is 11.1 Å². The Bertz CT molecular complexity index is 683. The second-order valence-corrected chi connectivity index (χ2v) is 5.88. The van der Waals surface area contributed by atoms with Gasteiger partial charge in [-0.3, -0.25) is 4.99 Å². The van der Waals surface area contributed by atoms with E-state index in [4.69, 9.17) is 10.5 Å². The first-order chi connectivity index (χ1) is 10.6. The Morgan fingerprint density at radius 3 is 2.86 bits per heavy atom. The number of guanidine groups is 1. The van der Waals surface area contributed by atoms with Gasteiger partial charge in [0.25, 0.3) is 0 Å². The molecule has 1 aliphatic rings. The zero-order valence-corrected chi connectivity index (χ0v) is 13.4. The number of aliphatic imine (C=N–C) groups is 1. The van der Waals surface area contributed by atoms with Crippen LogP contribution in [-0.4, -0.2) is 48.3 Å². The van der Waals surface area contributed by atoms with Crippen molar-refractivity contribution >= 4 is 16.9 Å². The first-order valence-corrected chi connectivity index (χ1v) is 7.82. The first kappa shape index (κ1) is 14.9. The third-order valence-corrected chi connectivity index (χ3v) is 4.22. The Labute approximate surface area is 131 Å². The summed E-state index contributed by atoms with van der Waals surface area (Å²) in [5, 5.41) is 1.31. The van der Waals surface area contributed by atoms with E-state index in [1.165, 1.54) is 22.0 Å². The predicted molar refractivity (Wildman–Crippen MR) is 90.2 cm³/mol. The second kappa shape index (κ2) is 6.40. The minimum Gasteiger partial charge on any atom is -0.378 e. The van der Waals surface area contributed by atoms with Gasteiger partial charge in [0.1, 0.15) is 0 Å². The van der Waals surface area contributed by atoms with Crippen LogP contribution in [0, 0.1) is 6.92 Å². The number of morpholine rings is 1. The molecule has 0 atom stereocenters. The van der Waals surface area contributed by atoms with Crippen molar-refractivity contribution in [2.45, 2.75) is 13.3 Å². The number of hydrogen-bond acceptors (Lipinski definition) is 2. The lowest BCUT2D eigenvalue weighted by Gasteiger charge is -2.27. The fourth-order valence-electron chi connectivity index (χ4n) is 2.96. The number of nitrogens with zero attached hydrogens (tertiary/aromatic N) is 3. The fraction of sp³-hybridized carbons (Fsp3) is 0.471. The van der Waals surface area contributed by atoms with Gasteiger partial charge in [-0.1, -0.05) is 12.1 Å². The van der Waals surface area contributed by atoms with E-state index in [0.29, 0.717) is 5.96 Å². The van der Waals surface area contributed by atoms with Crippen LogP contribution in [0.15, 0.2) is 29.4 Å². The standard InChI is InChI=1S/C17H24N4O/c1-13-3-4-15-14(12-20(2)16(15)11-13)5-6-19-17(18)21-7-9-22-10-8-21/h3-4,11-12H,5-10H2,1-2H3,(H2,18,19). The van der Waals surface area contributed by atoms with Crippen molar-refractivity contribution in [1.82, 2.24) is 9.47 Å². The number of nitrogens with two attached hydrogens (primary N) is 1. The molecule has 1 aliphatic heterocycles. The zero-order valence-electron chi connectivity index (χ0n) is 13.4. The molecule has 5 heteroatoms. The first-order valence-electron chi connectivity index (χ1n) is 7.82. The SMILES string of the molecule is Cc1ccc2c(CCN=C(N)N3CCOCC3)cn(C)c2c1. The molecule has 1 saturated heterocycles. The Balaban J connectivity index is 1.69. The molecule has 0 spiro atoms. The molecule has 2 heterocycles. The Kier molecular flexibility index (Phi) is 4.34. The summed E-state index contributed by atoms with van der Waals surface area (Å²) in [7, 11) is 2.09. The van der Waals surface area contributed by atoms with Crippen LogP contribution in [0.2, 0.25) is 0 Å². The Hall–Kier alpha value is -2.01. The summed E-state index contributed by atoms with van der Waals surface area (Å²) in [6.45, 7) is 5.99. The van der Waals surface area contributed by atoms with Crippen LogP contribution in [-0.2, 0) is 18.2 Å². The molecule has 1 fully saturated rings. The molecule has 118 valence electrons. The van der Waals surface area contributed by atoms with Crippen LogP contribution in [0.5, 0.6) is 0 Å². The molecule has 2 N–H and O–H groups in total. The predicted octanol–water partition coefficient (Wildman–Crippen LogP) is 1.68. The molecule has 0 aliphatic carbocycles. The monoisotopic (exact) mass is 300 g/mol. The van der Waals surface area contributed by atoms with Crippen molar-refractivity contribution < 1.29 is 4.74 Å². The molecule has 1 aromatic carbocycles.